The van der Waals surface area contributed by atoms with Crippen LogP contribution in [0.25, 0.3) is 0 Å². The van der Waals surface area contributed by atoms with E-state index in [4.69, 9.17) is 26.2 Å². The van der Waals surface area contributed by atoms with Crippen LogP contribution in [0.3, 0.4) is 0 Å². The summed E-state index contributed by atoms with van der Waals surface area (Å²) in [4.78, 5) is 0. The lowest BCUT2D eigenvalue weighted by molar-refractivity contribution is 0.172. The van der Waals surface area contributed by atoms with Crippen molar-refractivity contribution in [1.29, 1.82) is 0 Å². The molecule has 5 heteroatoms. The molecule has 2 N–H and O–H groups in total. The lowest BCUT2D eigenvalue weighted by atomic mass is 9.99. The van der Waals surface area contributed by atoms with Crippen LogP contribution >= 0.6 is 11.6 Å². The van der Waals surface area contributed by atoms with Gasteiger partial charge in [-0.1, -0.05) is 18.5 Å². The number of rotatable bonds is 2. The number of halogens is 1. The molecule has 15 heavy (non-hydrogen) atoms. The molecule has 0 saturated carbocycles. The molecule has 0 aliphatic carbocycles. The first kappa shape index (κ1) is 10.4. The highest BCUT2D eigenvalue weighted by molar-refractivity contribution is 6.32. The molecule has 0 radical (unpaired) electrons. The quantitative estimate of drug-likeness (QED) is 0.814. The fraction of sp³-hybridized carbons (Fsp3) is 0.400. The maximum absolute atomic E-state index is 9.78. The maximum Gasteiger partial charge on any atom is 0.231 e. The number of aromatic hydroxyl groups is 1. The Bertz CT molecular complexity index is 391. The van der Waals surface area contributed by atoms with Gasteiger partial charge < -0.3 is 19.7 Å². The Morgan fingerprint density at radius 2 is 2.27 bits per heavy atom. The fourth-order valence-corrected chi connectivity index (χ4v) is 1.78. The minimum Gasteiger partial charge on any atom is -0.506 e. The van der Waals surface area contributed by atoms with Gasteiger partial charge in [-0.15, -0.1) is 0 Å². The van der Waals surface area contributed by atoms with E-state index >= 15 is 0 Å². The maximum atomic E-state index is 9.78. The van der Waals surface area contributed by atoms with E-state index in [1.165, 1.54) is 6.07 Å². The van der Waals surface area contributed by atoms with Crippen LogP contribution in [0.2, 0.25) is 5.02 Å². The van der Waals surface area contributed by atoms with Gasteiger partial charge in [-0.3, -0.25) is 0 Å². The molecule has 0 fully saturated rings. The molecule has 4 nitrogen and oxygen atoms in total. The molecule has 1 unspecified atom stereocenters. The average molecular weight is 231 g/mol. The Morgan fingerprint density at radius 3 is 2.93 bits per heavy atom. The predicted octanol–water partition coefficient (Wildman–Crippen LogP) is 1.87. The Morgan fingerprint density at radius 1 is 1.53 bits per heavy atom. The second kappa shape index (κ2) is 3.79. The van der Waals surface area contributed by atoms with E-state index in [9.17, 15) is 5.11 Å². The summed E-state index contributed by atoms with van der Waals surface area (Å²) in [7, 11) is 0. The van der Waals surface area contributed by atoms with E-state index in [2.05, 4.69) is 0 Å². The van der Waals surface area contributed by atoms with Gasteiger partial charge in [0.05, 0.1) is 5.02 Å². The number of aliphatic hydroxyl groups excluding tert-OH is 1. The van der Waals surface area contributed by atoms with E-state index in [0.717, 1.165) is 0 Å². The summed E-state index contributed by atoms with van der Waals surface area (Å²) < 4.78 is 10.4. The molecule has 1 aromatic carbocycles. The second-order valence-electron chi connectivity index (χ2n) is 3.44. The molecule has 1 atom stereocenters. The van der Waals surface area contributed by atoms with Gasteiger partial charge in [0.25, 0.3) is 0 Å². The lowest BCUT2D eigenvalue weighted by Crippen LogP contribution is -2.02. The number of hydrogen-bond acceptors (Lipinski definition) is 4. The van der Waals surface area contributed by atoms with Gasteiger partial charge in [0.15, 0.2) is 11.5 Å². The molecule has 0 amide bonds. The van der Waals surface area contributed by atoms with Gasteiger partial charge in [0.1, 0.15) is 5.75 Å². The van der Waals surface area contributed by atoms with Crippen molar-refractivity contribution >= 4 is 11.6 Å². The summed E-state index contributed by atoms with van der Waals surface area (Å²) in [6.45, 7) is 1.79. The van der Waals surface area contributed by atoms with Gasteiger partial charge in [-0.05, 0) is 0 Å². The molecular formula is C10H11ClO4. The first-order valence-corrected chi connectivity index (χ1v) is 4.94. The molecule has 82 valence electrons. The number of phenols is 1. The third-order valence-electron chi connectivity index (χ3n) is 2.39. The number of ether oxygens (including phenoxy) is 2. The smallest absolute Gasteiger partial charge is 0.231 e. The van der Waals surface area contributed by atoms with Crippen LogP contribution in [0.5, 0.6) is 17.2 Å². The molecular weight excluding hydrogens is 220 g/mol. The van der Waals surface area contributed by atoms with Crippen LogP contribution < -0.4 is 9.47 Å². The summed E-state index contributed by atoms with van der Waals surface area (Å²) >= 11 is 5.83. The van der Waals surface area contributed by atoms with Gasteiger partial charge in [-0.2, -0.15) is 0 Å². The van der Waals surface area contributed by atoms with E-state index in [1.807, 2.05) is 0 Å². The van der Waals surface area contributed by atoms with E-state index in [1.54, 1.807) is 6.92 Å². The zero-order valence-electron chi connectivity index (χ0n) is 8.16. The largest absolute Gasteiger partial charge is 0.506 e. The Kier molecular flexibility index (Phi) is 2.63. The zero-order chi connectivity index (χ0) is 11.0. The molecule has 0 aromatic heterocycles. The monoisotopic (exact) mass is 230 g/mol. The molecule has 0 bridgehead atoms. The number of benzene rings is 1. The van der Waals surface area contributed by atoms with Crippen molar-refractivity contribution < 1.29 is 19.7 Å². The summed E-state index contributed by atoms with van der Waals surface area (Å²) in [6, 6.07) is 1.51. The van der Waals surface area contributed by atoms with Crippen LogP contribution in [-0.2, 0) is 0 Å². The van der Waals surface area contributed by atoms with Crippen LogP contribution in [-0.4, -0.2) is 23.6 Å². The van der Waals surface area contributed by atoms with Crippen LogP contribution in [0.1, 0.15) is 18.4 Å². The summed E-state index contributed by atoms with van der Waals surface area (Å²) in [5.74, 6) is 0.674. The highest BCUT2D eigenvalue weighted by Crippen LogP contribution is 2.47. The summed E-state index contributed by atoms with van der Waals surface area (Å²) in [5, 5.41) is 19.1. The Hall–Kier alpha value is -1.13. The minimum atomic E-state index is -0.251. The van der Waals surface area contributed by atoms with Crippen molar-refractivity contribution in [1.82, 2.24) is 0 Å². The van der Waals surface area contributed by atoms with Gasteiger partial charge in [-0.25, -0.2) is 0 Å². The molecule has 2 rings (SSSR count). The third kappa shape index (κ3) is 1.60. The highest BCUT2D eigenvalue weighted by atomic mass is 35.5. The van der Waals surface area contributed by atoms with Crippen molar-refractivity contribution in [2.45, 2.75) is 12.8 Å². The minimum absolute atomic E-state index is 0.0533. The SMILES string of the molecule is CC(CO)c1c(O)c(Cl)cc2c1OCO2. The van der Waals surface area contributed by atoms with Gasteiger partial charge >= 0.3 is 0 Å². The molecule has 1 aliphatic heterocycles. The molecule has 0 spiro atoms. The number of fused-ring (bicyclic) bond motifs is 1. The van der Waals surface area contributed by atoms with Crippen molar-refractivity contribution in [3.8, 4) is 17.2 Å². The predicted molar refractivity (Wildman–Crippen MR) is 54.7 cm³/mol. The average Bonchev–Trinajstić information content (AvgIpc) is 2.66. The summed E-state index contributed by atoms with van der Waals surface area (Å²) in [5.41, 5.74) is 0.498. The van der Waals surface area contributed by atoms with Crippen molar-refractivity contribution in [3.05, 3.63) is 16.7 Å². The van der Waals surface area contributed by atoms with Gasteiger partial charge in [0, 0.05) is 24.2 Å². The number of hydrogen-bond donors (Lipinski definition) is 2. The highest BCUT2D eigenvalue weighted by Gasteiger charge is 2.26. The normalized spacial score (nSPS) is 15.4. The standard InChI is InChI=1S/C10H11ClO4/c1-5(3-12)8-9(13)6(11)2-7-10(8)15-4-14-7/h2,5,12-13H,3-4H2,1H3. The number of aliphatic hydroxyl groups is 1. The van der Waals surface area contributed by atoms with Crippen molar-refractivity contribution in [2.75, 3.05) is 13.4 Å². The van der Waals surface area contributed by atoms with Crippen molar-refractivity contribution in [2.24, 2.45) is 0 Å². The first-order chi connectivity index (χ1) is 7.15. The topological polar surface area (TPSA) is 58.9 Å². The van der Waals surface area contributed by atoms with Crippen LogP contribution in [0, 0.1) is 0 Å². The van der Waals surface area contributed by atoms with E-state index in [0.29, 0.717) is 17.1 Å². The van der Waals surface area contributed by atoms with Crippen LogP contribution in [0.15, 0.2) is 6.07 Å². The molecule has 1 heterocycles. The van der Waals surface area contributed by atoms with Crippen LogP contribution in [0.4, 0.5) is 0 Å². The molecule has 1 aliphatic rings. The Balaban J connectivity index is 2.60. The zero-order valence-corrected chi connectivity index (χ0v) is 8.91. The number of phenolic OH excluding ortho intramolecular Hbond substituents is 1. The molecule has 1 aromatic rings. The van der Waals surface area contributed by atoms with E-state index < -0.39 is 0 Å². The first-order valence-electron chi connectivity index (χ1n) is 4.57. The van der Waals surface area contributed by atoms with Gasteiger partial charge in [0.2, 0.25) is 6.79 Å². The lowest BCUT2D eigenvalue weighted by Gasteiger charge is -2.14. The molecule has 0 saturated heterocycles. The Labute approximate surface area is 92.0 Å². The fourth-order valence-electron chi connectivity index (χ4n) is 1.57. The van der Waals surface area contributed by atoms with E-state index in [-0.39, 0.29) is 30.1 Å². The third-order valence-corrected chi connectivity index (χ3v) is 2.68. The van der Waals surface area contributed by atoms with Crippen molar-refractivity contribution in [3.63, 3.8) is 0 Å². The second-order valence-corrected chi connectivity index (χ2v) is 3.85. The summed E-state index contributed by atoms with van der Waals surface area (Å²) in [6.07, 6.45) is 0.